The zero-order valence-corrected chi connectivity index (χ0v) is 11.6. The van der Waals surface area contributed by atoms with E-state index in [1.807, 2.05) is 18.5 Å². The Hall–Kier alpha value is -1.83. The van der Waals surface area contributed by atoms with Gasteiger partial charge in [0.1, 0.15) is 0 Å². The molecule has 0 unspecified atom stereocenters. The number of nitrogens with zero attached hydrogens (tertiary/aromatic N) is 2. The molecule has 0 N–H and O–H groups in total. The summed E-state index contributed by atoms with van der Waals surface area (Å²) in [6.07, 6.45) is 8.22. The Morgan fingerprint density at radius 2 is 2.17 bits per heavy atom. The lowest BCUT2D eigenvalue weighted by Crippen LogP contribution is -1.95. The van der Waals surface area contributed by atoms with Crippen LogP contribution in [0.3, 0.4) is 0 Å². The van der Waals surface area contributed by atoms with Crippen molar-refractivity contribution >= 4 is 6.08 Å². The van der Waals surface area contributed by atoms with Gasteiger partial charge in [0.15, 0.2) is 0 Å². The minimum atomic E-state index is 0.986. The van der Waals surface area contributed by atoms with Gasteiger partial charge in [-0.15, -0.1) is 0 Å². The topological polar surface area (TPSA) is 17.8 Å². The Bertz CT molecular complexity index is 558. The van der Waals surface area contributed by atoms with Crippen molar-refractivity contribution in [1.29, 1.82) is 0 Å². The maximum Gasteiger partial charge on any atom is 0.0488 e. The predicted molar refractivity (Wildman–Crippen MR) is 77.4 cm³/mol. The van der Waals surface area contributed by atoms with Crippen LogP contribution in [-0.2, 0) is 6.54 Å². The average molecular weight is 240 g/mol. The highest BCUT2D eigenvalue weighted by Gasteiger charge is 2.12. The molecule has 2 heterocycles. The molecule has 0 fully saturated rings. The van der Waals surface area contributed by atoms with Gasteiger partial charge < -0.3 is 4.57 Å². The van der Waals surface area contributed by atoms with Gasteiger partial charge in [-0.2, -0.15) is 0 Å². The first-order chi connectivity index (χ1) is 8.63. The molecular weight excluding hydrogens is 220 g/mol. The van der Waals surface area contributed by atoms with Crippen molar-refractivity contribution in [1.82, 2.24) is 9.55 Å². The predicted octanol–water partition coefficient (Wildman–Crippen LogP) is 4.30. The van der Waals surface area contributed by atoms with E-state index < -0.39 is 0 Å². The molecule has 94 valence electrons. The highest BCUT2D eigenvalue weighted by molar-refractivity contribution is 5.77. The van der Waals surface area contributed by atoms with Gasteiger partial charge in [-0.05, 0) is 45.4 Å². The second kappa shape index (κ2) is 5.21. The van der Waals surface area contributed by atoms with Crippen LogP contribution >= 0.6 is 0 Å². The first kappa shape index (κ1) is 12.6. The van der Waals surface area contributed by atoms with E-state index in [1.165, 1.54) is 28.0 Å². The molecule has 0 aromatic carbocycles. The van der Waals surface area contributed by atoms with Gasteiger partial charge in [0, 0.05) is 42.0 Å². The van der Waals surface area contributed by atoms with Gasteiger partial charge in [0.25, 0.3) is 0 Å². The number of aryl methyl sites for hydroxylation is 2. The lowest BCUT2D eigenvalue weighted by molar-refractivity contribution is 0.760. The van der Waals surface area contributed by atoms with Crippen molar-refractivity contribution in [3.8, 4) is 11.1 Å². The Labute approximate surface area is 109 Å². The number of hydrogen-bond acceptors (Lipinski definition) is 1. The van der Waals surface area contributed by atoms with Gasteiger partial charge in [-0.25, -0.2) is 0 Å². The van der Waals surface area contributed by atoms with Gasteiger partial charge >= 0.3 is 0 Å². The molecule has 2 heteroatoms. The Morgan fingerprint density at radius 3 is 2.72 bits per heavy atom. The maximum atomic E-state index is 4.23. The second-order valence-electron chi connectivity index (χ2n) is 4.82. The Kier molecular flexibility index (Phi) is 3.66. The highest BCUT2D eigenvalue weighted by Crippen LogP contribution is 2.30. The number of aromatic nitrogens is 2. The van der Waals surface area contributed by atoms with Crippen LogP contribution in [0.2, 0.25) is 0 Å². The van der Waals surface area contributed by atoms with E-state index in [4.69, 9.17) is 0 Å². The van der Waals surface area contributed by atoms with Crippen molar-refractivity contribution in [2.24, 2.45) is 0 Å². The van der Waals surface area contributed by atoms with Crippen molar-refractivity contribution < 1.29 is 0 Å². The van der Waals surface area contributed by atoms with Crippen molar-refractivity contribution in [2.45, 2.75) is 34.2 Å². The second-order valence-corrected chi connectivity index (χ2v) is 4.82. The fourth-order valence-electron chi connectivity index (χ4n) is 2.29. The number of rotatable bonds is 3. The van der Waals surface area contributed by atoms with Crippen LogP contribution in [0.1, 0.15) is 32.0 Å². The van der Waals surface area contributed by atoms with E-state index in [9.17, 15) is 0 Å². The normalized spacial score (nSPS) is 10.4. The van der Waals surface area contributed by atoms with Crippen LogP contribution in [0.25, 0.3) is 17.2 Å². The number of allylic oxidation sites excluding steroid dienone is 1. The van der Waals surface area contributed by atoms with Crippen molar-refractivity contribution in [3.05, 3.63) is 47.6 Å². The molecule has 18 heavy (non-hydrogen) atoms. The number of hydrogen-bond donors (Lipinski definition) is 0. The van der Waals surface area contributed by atoms with Gasteiger partial charge in [-0.1, -0.05) is 11.6 Å². The summed E-state index contributed by atoms with van der Waals surface area (Å²) in [5.41, 5.74) is 6.38. The molecule has 0 amide bonds. The fraction of sp³-hybridized carbons (Fsp3) is 0.312. The zero-order chi connectivity index (χ0) is 13.1. The molecule has 0 radical (unpaired) electrons. The third kappa shape index (κ3) is 2.37. The summed E-state index contributed by atoms with van der Waals surface area (Å²) in [5.74, 6) is 0. The monoisotopic (exact) mass is 240 g/mol. The molecule has 0 bridgehead atoms. The highest BCUT2D eigenvalue weighted by atomic mass is 15.0. The summed E-state index contributed by atoms with van der Waals surface area (Å²) in [6, 6.07) is 4.11. The van der Waals surface area contributed by atoms with Crippen LogP contribution in [0.4, 0.5) is 0 Å². The molecular formula is C16H20N2. The molecule has 2 aromatic heterocycles. The first-order valence-corrected chi connectivity index (χ1v) is 6.38. The van der Waals surface area contributed by atoms with Gasteiger partial charge in [0.2, 0.25) is 0 Å². The Morgan fingerprint density at radius 1 is 1.39 bits per heavy atom. The van der Waals surface area contributed by atoms with E-state index in [0.717, 1.165) is 6.54 Å². The maximum absolute atomic E-state index is 4.23. The summed E-state index contributed by atoms with van der Waals surface area (Å²) in [7, 11) is 0. The SMILES string of the molecule is CCn1cc(C)c(-c2cccnc2)c1C=C(C)C. The molecule has 0 saturated carbocycles. The fourth-order valence-corrected chi connectivity index (χ4v) is 2.29. The molecule has 0 spiro atoms. The van der Waals surface area contributed by atoms with E-state index >= 15 is 0 Å². The summed E-state index contributed by atoms with van der Waals surface area (Å²) in [5, 5.41) is 0. The van der Waals surface area contributed by atoms with E-state index in [0.29, 0.717) is 0 Å². The van der Waals surface area contributed by atoms with Gasteiger partial charge in [-0.3, -0.25) is 4.98 Å². The average Bonchev–Trinajstić information content (AvgIpc) is 2.66. The third-order valence-corrected chi connectivity index (χ3v) is 3.03. The smallest absolute Gasteiger partial charge is 0.0488 e. The van der Waals surface area contributed by atoms with Crippen molar-refractivity contribution in [2.75, 3.05) is 0 Å². The minimum absolute atomic E-state index is 0.986. The zero-order valence-electron chi connectivity index (χ0n) is 11.6. The van der Waals surface area contributed by atoms with Crippen LogP contribution in [0.5, 0.6) is 0 Å². The minimum Gasteiger partial charge on any atom is -0.347 e. The summed E-state index contributed by atoms with van der Waals surface area (Å²) < 4.78 is 2.30. The number of pyridine rings is 1. The molecule has 0 aliphatic rings. The molecule has 0 aliphatic carbocycles. The molecule has 2 aromatic rings. The summed E-state index contributed by atoms with van der Waals surface area (Å²) >= 11 is 0. The Balaban J connectivity index is 2.66. The van der Waals surface area contributed by atoms with Crippen LogP contribution < -0.4 is 0 Å². The summed E-state index contributed by atoms with van der Waals surface area (Å²) in [6.45, 7) is 9.59. The first-order valence-electron chi connectivity index (χ1n) is 6.38. The standard InChI is InChI=1S/C16H20N2/c1-5-18-11-13(4)16(15(18)9-12(2)3)14-7-6-8-17-10-14/h6-11H,5H2,1-4H3. The molecule has 0 saturated heterocycles. The van der Waals surface area contributed by atoms with E-state index in [1.54, 1.807) is 0 Å². The van der Waals surface area contributed by atoms with E-state index in [-0.39, 0.29) is 0 Å². The lowest BCUT2D eigenvalue weighted by atomic mass is 10.0. The molecule has 0 aliphatic heterocycles. The lowest BCUT2D eigenvalue weighted by Gasteiger charge is -2.07. The van der Waals surface area contributed by atoms with E-state index in [2.05, 4.69) is 55.6 Å². The van der Waals surface area contributed by atoms with Crippen LogP contribution in [0.15, 0.2) is 36.3 Å². The largest absolute Gasteiger partial charge is 0.347 e. The van der Waals surface area contributed by atoms with Crippen LogP contribution in [0, 0.1) is 6.92 Å². The van der Waals surface area contributed by atoms with Gasteiger partial charge in [0.05, 0.1) is 0 Å². The third-order valence-electron chi connectivity index (χ3n) is 3.03. The summed E-state index contributed by atoms with van der Waals surface area (Å²) in [4.78, 5) is 4.23. The van der Waals surface area contributed by atoms with Crippen molar-refractivity contribution in [3.63, 3.8) is 0 Å². The molecule has 2 nitrogen and oxygen atoms in total. The molecule has 2 rings (SSSR count). The molecule has 0 atom stereocenters. The quantitative estimate of drug-likeness (QED) is 0.782. The van der Waals surface area contributed by atoms with Crippen LogP contribution in [-0.4, -0.2) is 9.55 Å².